The van der Waals surface area contributed by atoms with E-state index in [9.17, 15) is 9.59 Å². The van der Waals surface area contributed by atoms with Gasteiger partial charge in [0.2, 0.25) is 0 Å². The summed E-state index contributed by atoms with van der Waals surface area (Å²) >= 11 is 1.66. The van der Waals surface area contributed by atoms with Crippen molar-refractivity contribution in [3.05, 3.63) is 82.3 Å². The summed E-state index contributed by atoms with van der Waals surface area (Å²) < 4.78 is 0. The molecule has 1 atom stereocenters. The van der Waals surface area contributed by atoms with Crippen molar-refractivity contribution in [3.8, 4) is 0 Å². The van der Waals surface area contributed by atoms with Crippen LogP contribution < -0.4 is 5.32 Å². The van der Waals surface area contributed by atoms with Crippen molar-refractivity contribution < 1.29 is 9.59 Å². The van der Waals surface area contributed by atoms with E-state index < -0.39 is 0 Å². The zero-order valence-corrected chi connectivity index (χ0v) is 15.5. The minimum Gasteiger partial charge on any atom is -0.332 e. The van der Waals surface area contributed by atoms with Crippen LogP contribution in [0.4, 0.5) is 5.69 Å². The second-order valence-corrected chi connectivity index (χ2v) is 7.26. The molecule has 0 saturated carbocycles. The number of amides is 2. The fraction of sp³-hybridized carbons (Fsp3) is 0.190. The molecule has 0 aliphatic carbocycles. The molecule has 1 aliphatic heterocycles. The van der Waals surface area contributed by atoms with E-state index in [1.807, 2.05) is 4.90 Å². The van der Waals surface area contributed by atoms with E-state index in [2.05, 4.69) is 27.1 Å². The van der Waals surface area contributed by atoms with Gasteiger partial charge >= 0.3 is 0 Å². The van der Waals surface area contributed by atoms with Crippen LogP contribution in [-0.4, -0.2) is 28.2 Å². The van der Waals surface area contributed by atoms with Gasteiger partial charge in [-0.1, -0.05) is 0 Å². The van der Waals surface area contributed by atoms with Crippen LogP contribution in [0.5, 0.6) is 0 Å². The quantitative estimate of drug-likeness (QED) is 0.734. The van der Waals surface area contributed by atoms with E-state index in [0.717, 1.165) is 19.4 Å². The molecule has 27 heavy (non-hydrogen) atoms. The third-order valence-electron chi connectivity index (χ3n) is 4.77. The Balaban J connectivity index is 1.45. The molecule has 1 fully saturated rings. The molecule has 2 aromatic heterocycles. The second kappa shape index (κ2) is 7.72. The molecule has 1 saturated heterocycles. The Morgan fingerprint density at radius 1 is 1.04 bits per heavy atom. The fourth-order valence-corrected chi connectivity index (χ4v) is 4.10. The Morgan fingerprint density at radius 2 is 1.81 bits per heavy atom. The lowest BCUT2D eigenvalue weighted by Crippen LogP contribution is -2.30. The van der Waals surface area contributed by atoms with Gasteiger partial charge in [-0.2, -0.15) is 11.3 Å². The molecule has 3 aromatic rings. The van der Waals surface area contributed by atoms with Gasteiger partial charge in [-0.05, 0) is 71.6 Å². The number of anilines is 1. The maximum absolute atomic E-state index is 12.9. The smallest absolute Gasteiger partial charge is 0.255 e. The zero-order valence-electron chi connectivity index (χ0n) is 14.7. The predicted octanol–water partition coefficient (Wildman–Crippen LogP) is 4.37. The zero-order chi connectivity index (χ0) is 18.6. The average Bonchev–Trinajstić information content (AvgIpc) is 3.40. The summed E-state index contributed by atoms with van der Waals surface area (Å²) in [7, 11) is 0. The highest BCUT2D eigenvalue weighted by Gasteiger charge is 2.30. The molecule has 0 unspecified atom stereocenters. The Hall–Kier alpha value is -2.99. The molecule has 136 valence electrons. The molecule has 4 rings (SSSR count). The highest BCUT2D eigenvalue weighted by Crippen LogP contribution is 2.34. The van der Waals surface area contributed by atoms with Gasteiger partial charge in [0.15, 0.2) is 0 Å². The molecular weight excluding hydrogens is 358 g/mol. The number of hydrogen-bond donors (Lipinski definition) is 1. The van der Waals surface area contributed by atoms with Crippen LogP contribution in [0.2, 0.25) is 0 Å². The Bertz CT molecular complexity index is 924. The van der Waals surface area contributed by atoms with Crippen LogP contribution in [-0.2, 0) is 0 Å². The van der Waals surface area contributed by atoms with Gasteiger partial charge < -0.3 is 10.2 Å². The Labute approximate surface area is 161 Å². The van der Waals surface area contributed by atoms with Crippen LogP contribution in [0, 0.1) is 0 Å². The van der Waals surface area contributed by atoms with Crippen molar-refractivity contribution >= 4 is 28.8 Å². The number of likely N-dealkylation sites (tertiary alicyclic amines) is 1. The molecule has 2 amide bonds. The lowest BCUT2D eigenvalue weighted by atomic mass is 10.1. The molecule has 1 aliphatic rings. The number of pyridine rings is 1. The van der Waals surface area contributed by atoms with E-state index in [1.165, 1.54) is 5.56 Å². The minimum atomic E-state index is -0.200. The summed E-state index contributed by atoms with van der Waals surface area (Å²) in [6.45, 7) is 0.778. The maximum atomic E-state index is 12.9. The van der Waals surface area contributed by atoms with E-state index >= 15 is 0 Å². The lowest BCUT2D eigenvalue weighted by molar-refractivity contribution is 0.0736. The summed E-state index contributed by atoms with van der Waals surface area (Å²) in [4.78, 5) is 31.0. The predicted molar refractivity (Wildman–Crippen MR) is 106 cm³/mol. The molecule has 3 heterocycles. The van der Waals surface area contributed by atoms with Crippen molar-refractivity contribution in [2.75, 3.05) is 11.9 Å². The maximum Gasteiger partial charge on any atom is 0.255 e. The number of benzene rings is 1. The van der Waals surface area contributed by atoms with Gasteiger partial charge in [0.1, 0.15) is 0 Å². The van der Waals surface area contributed by atoms with Crippen molar-refractivity contribution in [2.45, 2.75) is 18.9 Å². The number of carbonyl (C=O) groups excluding carboxylic acids is 2. The van der Waals surface area contributed by atoms with Crippen molar-refractivity contribution in [1.82, 2.24) is 9.88 Å². The molecule has 5 nitrogen and oxygen atoms in total. The molecule has 1 aromatic carbocycles. The van der Waals surface area contributed by atoms with Crippen LogP contribution in [0.3, 0.4) is 0 Å². The summed E-state index contributed by atoms with van der Waals surface area (Å²) in [5.41, 5.74) is 3.05. The highest BCUT2D eigenvalue weighted by molar-refractivity contribution is 7.08. The number of hydrogen-bond acceptors (Lipinski definition) is 4. The molecule has 0 spiro atoms. The van der Waals surface area contributed by atoms with Gasteiger partial charge in [-0.3, -0.25) is 14.6 Å². The molecular formula is C21H19N3O2S. The summed E-state index contributed by atoms with van der Waals surface area (Å²) in [6.07, 6.45) is 5.18. The normalized spacial score (nSPS) is 16.3. The Morgan fingerprint density at radius 3 is 2.52 bits per heavy atom. The molecule has 0 bridgehead atoms. The van der Waals surface area contributed by atoms with Crippen molar-refractivity contribution in [2.24, 2.45) is 0 Å². The molecule has 0 radical (unpaired) electrons. The van der Waals surface area contributed by atoms with Gasteiger partial charge in [-0.15, -0.1) is 0 Å². The van der Waals surface area contributed by atoms with Gasteiger partial charge in [-0.25, -0.2) is 0 Å². The van der Waals surface area contributed by atoms with E-state index in [4.69, 9.17) is 0 Å². The number of rotatable bonds is 4. The summed E-state index contributed by atoms with van der Waals surface area (Å²) in [5.74, 6) is -0.163. The fourth-order valence-electron chi connectivity index (χ4n) is 3.39. The van der Waals surface area contributed by atoms with Crippen LogP contribution in [0.15, 0.2) is 65.6 Å². The SMILES string of the molecule is O=C(Nc1ccc(C(=O)N2CCC[C@H]2c2ccsc2)cc1)c1ccncc1. The van der Waals surface area contributed by atoms with Crippen LogP contribution in [0.25, 0.3) is 0 Å². The monoisotopic (exact) mass is 377 g/mol. The number of aromatic nitrogens is 1. The first kappa shape index (κ1) is 17.4. The van der Waals surface area contributed by atoms with Gasteiger partial charge in [0.25, 0.3) is 11.8 Å². The molecule has 1 N–H and O–H groups in total. The first-order chi connectivity index (χ1) is 13.2. The standard InChI is InChI=1S/C21H19N3O2S/c25-20(15-7-10-22-11-8-15)23-18-5-3-16(4-6-18)21(26)24-12-1-2-19(24)17-9-13-27-14-17/h3-11,13-14,19H,1-2,12H2,(H,23,25)/t19-/m0/s1. The van der Waals surface area contributed by atoms with Crippen LogP contribution in [0.1, 0.15) is 45.2 Å². The Kier molecular flexibility index (Phi) is 4.98. The van der Waals surface area contributed by atoms with Crippen molar-refractivity contribution in [1.29, 1.82) is 0 Å². The van der Waals surface area contributed by atoms with E-state index in [0.29, 0.717) is 16.8 Å². The lowest BCUT2D eigenvalue weighted by Gasteiger charge is -2.24. The van der Waals surface area contributed by atoms with E-state index in [-0.39, 0.29) is 17.9 Å². The van der Waals surface area contributed by atoms with Crippen LogP contribution >= 0.6 is 11.3 Å². The first-order valence-electron chi connectivity index (χ1n) is 8.87. The third-order valence-corrected chi connectivity index (χ3v) is 5.48. The summed E-state index contributed by atoms with van der Waals surface area (Å²) in [5, 5.41) is 7.01. The second-order valence-electron chi connectivity index (χ2n) is 6.48. The summed E-state index contributed by atoms with van der Waals surface area (Å²) in [6, 6.07) is 12.6. The number of nitrogens with zero attached hydrogens (tertiary/aromatic N) is 2. The first-order valence-corrected chi connectivity index (χ1v) is 9.81. The van der Waals surface area contributed by atoms with E-state index in [1.54, 1.807) is 60.1 Å². The minimum absolute atomic E-state index is 0.0377. The van der Waals surface area contributed by atoms with Gasteiger partial charge in [0.05, 0.1) is 6.04 Å². The highest BCUT2D eigenvalue weighted by atomic mass is 32.1. The van der Waals surface area contributed by atoms with Gasteiger partial charge in [0, 0.05) is 35.8 Å². The number of nitrogens with one attached hydrogen (secondary N) is 1. The number of carbonyl (C=O) groups is 2. The largest absolute Gasteiger partial charge is 0.332 e. The van der Waals surface area contributed by atoms with Crippen molar-refractivity contribution in [3.63, 3.8) is 0 Å². The number of thiophene rings is 1. The topological polar surface area (TPSA) is 62.3 Å². The third kappa shape index (κ3) is 3.75. The average molecular weight is 377 g/mol. The molecule has 6 heteroatoms.